The van der Waals surface area contributed by atoms with Gasteiger partial charge in [-0.05, 0) is 56.7 Å². The summed E-state index contributed by atoms with van der Waals surface area (Å²) in [4.78, 5) is 21.1. The molecule has 0 amide bonds. The van der Waals surface area contributed by atoms with Crippen molar-refractivity contribution in [2.75, 3.05) is 33.5 Å². The smallest absolute Gasteiger partial charge is 0.311 e. The molecule has 2 unspecified atom stereocenters. The van der Waals surface area contributed by atoms with Crippen molar-refractivity contribution in [2.45, 2.75) is 52.0 Å². The minimum Gasteiger partial charge on any atom is -0.463 e. The molecular formula is C23H35N3O4. The highest BCUT2D eigenvalue weighted by atomic mass is 16.6. The summed E-state index contributed by atoms with van der Waals surface area (Å²) in [6.45, 7) is 7.72. The number of rotatable bonds is 14. The number of nitrogens with zero attached hydrogens (tertiary/aromatic N) is 3. The lowest BCUT2D eigenvalue weighted by Gasteiger charge is -2.31. The van der Waals surface area contributed by atoms with Crippen molar-refractivity contribution >= 4 is 5.97 Å². The first-order valence-electron chi connectivity index (χ1n) is 10.6. The van der Waals surface area contributed by atoms with Gasteiger partial charge in [-0.1, -0.05) is 6.92 Å². The second-order valence-corrected chi connectivity index (χ2v) is 8.11. The zero-order valence-electron chi connectivity index (χ0n) is 18.6. The summed E-state index contributed by atoms with van der Waals surface area (Å²) in [5.41, 5.74) is 0.643. The Morgan fingerprint density at radius 1 is 1.10 bits per heavy atom. The summed E-state index contributed by atoms with van der Waals surface area (Å²) in [7, 11) is 1.63. The average molecular weight is 418 g/mol. The first kappa shape index (κ1) is 24.0. The minimum atomic E-state index is -0.627. The van der Waals surface area contributed by atoms with Crippen LogP contribution in [0.1, 0.15) is 57.6 Å². The van der Waals surface area contributed by atoms with Gasteiger partial charge in [0.25, 0.3) is 0 Å². The lowest BCUT2D eigenvalue weighted by Crippen LogP contribution is -2.31. The van der Waals surface area contributed by atoms with Crippen molar-refractivity contribution in [2.24, 2.45) is 5.41 Å². The van der Waals surface area contributed by atoms with E-state index < -0.39 is 5.41 Å². The zero-order valence-corrected chi connectivity index (χ0v) is 18.6. The molecule has 2 aromatic heterocycles. The van der Waals surface area contributed by atoms with Crippen LogP contribution in [0.3, 0.4) is 0 Å². The Hall–Kier alpha value is -2.25. The van der Waals surface area contributed by atoms with E-state index in [0.29, 0.717) is 32.2 Å². The molecule has 0 fully saturated rings. The quantitative estimate of drug-likeness (QED) is 0.341. The number of hydrogen-bond donors (Lipinski definition) is 0. The van der Waals surface area contributed by atoms with Crippen LogP contribution in [0, 0.1) is 5.41 Å². The summed E-state index contributed by atoms with van der Waals surface area (Å²) >= 11 is 0. The highest BCUT2D eigenvalue weighted by molar-refractivity contribution is 5.75. The maximum absolute atomic E-state index is 12.7. The fraction of sp³-hybridized carbons (Fsp3) is 0.609. The highest BCUT2D eigenvalue weighted by Gasteiger charge is 2.34. The maximum atomic E-state index is 12.7. The van der Waals surface area contributed by atoms with Gasteiger partial charge in [-0.25, -0.2) is 4.98 Å². The van der Waals surface area contributed by atoms with Gasteiger partial charge in [-0.2, -0.15) is 0 Å². The molecule has 2 atom stereocenters. The molecule has 2 aromatic rings. The van der Waals surface area contributed by atoms with Crippen molar-refractivity contribution < 1.29 is 19.0 Å². The molecule has 0 bridgehead atoms. The number of carbonyl (C=O) groups excluding carboxylic acids is 1. The van der Waals surface area contributed by atoms with E-state index in [1.165, 1.54) is 5.56 Å². The summed E-state index contributed by atoms with van der Waals surface area (Å²) in [6.07, 6.45) is 11.8. The van der Waals surface area contributed by atoms with Gasteiger partial charge in [0.05, 0.1) is 31.6 Å². The van der Waals surface area contributed by atoms with Crippen LogP contribution < -0.4 is 0 Å². The number of imidazole rings is 1. The third kappa shape index (κ3) is 7.54. The van der Waals surface area contributed by atoms with Gasteiger partial charge in [-0.15, -0.1) is 0 Å². The van der Waals surface area contributed by atoms with Gasteiger partial charge in [0.1, 0.15) is 6.61 Å². The Morgan fingerprint density at radius 3 is 2.47 bits per heavy atom. The average Bonchev–Trinajstić information content (AvgIpc) is 3.29. The van der Waals surface area contributed by atoms with Crippen LogP contribution in [0.2, 0.25) is 0 Å². The largest absolute Gasteiger partial charge is 0.463 e. The monoisotopic (exact) mass is 417 g/mol. The third-order valence-electron chi connectivity index (χ3n) is 5.36. The lowest BCUT2D eigenvalue weighted by molar-refractivity contribution is -0.156. The molecule has 0 aromatic carbocycles. The Labute approximate surface area is 179 Å². The molecule has 0 N–H and O–H groups in total. The zero-order chi connectivity index (χ0) is 21.8. The lowest BCUT2D eigenvalue weighted by atomic mass is 9.81. The predicted molar refractivity (Wildman–Crippen MR) is 115 cm³/mol. The Morgan fingerprint density at radius 2 is 1.83 bits per heavy atom. The molecule has 0 saturated carbocycles. The van der Waals surface area contributed by atoms with Gasteiger partial charge < -0.3 is 18.8 Å². The summed E-state index contributed by atoms with van der Waals surface area (Å²) in [6, 6.07) is 4.27. The molecule has 2 rings (SSSR count). The molecule has 0 aliphatic rings. The van der Waals surface area contributed by atoms with Crippen LogP contribution in [0.5, 0.6) is 0 Å². The van der Waals surface area contributed by atoms with Gasteiger partial charge in [0.2, 0.25) is 0 Å². The fourth-order valence-corrected chi connectivity index (χ4v) is 3.60. The second-order valence-electron chi connectivity index (χ2n) is 8.11. The van der Waals surface area contributed by atoms with Crippen LogP contribution in [-0.2, 0) is 19.0 Å². The van der Waals surface area contributed by atoms with E-state index in [9.17, 15) is 4.79 Å². The second kappa shape index (κ2) is 12.4. The van der Waals surface area contributed by atoms with E-state index in [4.69, 9.17) is 14.2 Å². The Kier molecular flexibility index (Phi) is 9.97. The van der Waals surface area contributed by atoms with Crippen molar-refractivity contribution in [1.82, 2.24) is 14.5 Å². The predicted octanol–water partition coefficient (Wildman–Crippen LogP) is 4.03. The van der Waals surface area contributed by atoms with Crippen LogP contribution in [0.4, 0.5) is 0 Å². The van der Waals surface area contributed by atoms with Crippen LogP contribution >= 0.6 is 0 Å². The number of ether oxygens (including phenoxy) is 3. The molecular weight excluding hydrogens is 382 g/mol. The van der Waals surface area contributed by atoms with E-state index in [2.05, 4.69) is 33.6 Å². The molecule has 0 saturated heterocycles. The number of esters is 1. The van der Waals surface area contributed by atoms with Gasteiger partial charge in [0.15, 0.2) is 0 Å². The molecule has 7 heteroatoms. The van der Waals surface area contributed by atoms with Crippen molar-refractivity contribution in [3.63, 3.8) is 0 Å². The van der Waals surface area contributed by atoms with Crippen LogP contribution in [-0.4, -0.2) is 54.0 Å². The topological polar surface area (TPSA) is 75.5 Å². The number of methoxy groups -OCH3 is 1. The SMILES string of the molecule is CCC(CC(CC(C)(C)C(=O)OCCOCCOC)n1ccnc1)c1ccncc1. The van der Waals surface area contributed by atoms with Crippen molar-refractivity contribution in [3.05, 3.63) is 48.8 Å². The number of aromatic nitrogens is 3. The molecule has 166 valence electrons. The third-order valence-corrected chi connectivity index (χ3v) is 5.36. The van der Waals surface area contributed by atoms with Crippen molar-refractivity contribution in [1.29, 1.82) is 0 Å². The number of hydrogen-bond acceptors (Lipinski definition) is 6. The molecule has 0 radical (unpaired) electrons. The molecule has 0 aliphatic heterocycles. The standard InChI is InChI=1S/C23H35N3O4/c1-5-19(20-6-8-24-9-7-20)16-21(26-11-10-25-18-26)17-23(2,3)22(27)30-15-14-29-13-12-28-4/h6-11,18-19,21H,5,12-17H2,1-4H3. The first-order valence-corrected chi connectivity index (χ1v) is 10.6. The first-order chi connectivity index (χ1) is 14.5. The van der Waals surface area contributed by atoms with E-state index in [1.54, 1.807) is 13.3 Å². The fourth-order valence-electron chi connectivity index (χ4n) is 3.60. The van der Waals surface area contributed by atoms with Gasteiger partial charge in [-0.3, -0.25) is 9.78 Å². The van der Waals surface area contributed by atoms with Crippen molar-refractivity contribution in [3.8, 4) is 0 Å². The summed E-state index contributed by atoms with van der Waals surface area (Å²) < 4.78 is 17.9. The Bertz CT molecular complexity index is 719. The number of pyridine rings is 1. The molecule has 0 aliphatic carbocycles. The van der Waals surface area contributed by atoms with E-state index >= 15 is 0 Å². The van der Waals surface area contributed by atoms with Gasteiger partial charge in [0, 0.05) is 37.9 Å². The van der Waals surface area contributed by atoms with E-state index in [0.717, 1.165) is 12.8 Å². The summed E-state index contributed by atoms with van der Waals surface area (Å²) in [5, 5.41) is 0. The van der Waals surface area contributed by atoms with E-state index in [-0.39, 0.29) is 18.6 Å². The normalized spacial score (nSPS) is 13.7. The highest BCUT2D eigenvalue weighted by Crippen LogP contribution is 2.37. The van der Waals surface area contributed by atoms with E-state index in [1.807, 2.05) is 38.8 Å². The van der Waals surface area contributed by atoms with Crippen LogP contribution in [0.25, 0.3) is 0 Å². The van der Waals surface area contributed by atoms with Gasteiger partial charge >= 0.3 is 5.97 Å². The molecule has 30 heavy (non-hydrogen) atoms. The minimum absolute atomic E-state index is 0.131. The molecule has 2 heterocycles. The summed E-state index contributed by atoms with van der Waals surface area (Å²) in [5.74, 6) is 0.168. The number of carbonyl (C=O) groups is 1. The molecule has 0 spiro atoms. The molecule has 7 nitrogen and oxygen atoms in total. The maximum Gasteiger partial charge on any atom is 0.311 e. The Balaban J connectivity index is 2.00. The van der Waals surface area contributed by atoms with Crippen LogP contribution in [0.15, 0.2) is 43.2 Å².